The normalized spacial score (nSPS) is 12.3. The van der Waals surface area contributed by atoms with Crippen molar-refractivity contribution in [2.24, 2.45) is 5.92 Å². The molecule has 0 bridgehead atoms. The van der Waals surface area contributed by atoms with Crippen molar-refractivity contribution in [2.45, 2.75) is 33.7 Å². The number of hydrogen-bond acceptors (Lipinski definition) is 4. The van der Waals surface area contributed by atoms with Crippen molar-refractivity contribution < 1.29 is 9.72 Å². The highest BCUT2D eigenvalue weighted by atomic mass is 16.6. The number of benzene rings is 1. The number of nitro benzene ring substituents is 1. The fourth-order valence-electron chi connectivity index (χ4n) is 1.85. The molecule has 0 saturated carbocycles. The molecule has 0 aromatic heterocycles. The minimum atomic E-state index is -0.439. The third-order valence-electron chi connectivity index (χ3n) is 3.53. The van der Waals surface area contributed by atoms with Crippen molar-refractivity contribution in [1.29, 1.82) is 0 Å². The number of anilines is 1. The second-order valence-corrected chi connectivity index (χ2v) is 5.11. The summed E-state index contributed by atoms with van der Waals surface area (Å²) < 4.78 is 0. The van der Waals surface area contributed by atoms with Crippen LogP contribution in [0, 0.1) is 16.0 Å². The number of hydrogen-bond donors (Lipinski definition) is 0. The number of rotatable bonds is 5. The first-order valence-corrected chi connectivity index (χ1v) is 6.28. The molecule has 0 spiro atoms. The zero-order chi connectivity index (χ0) is 14.7. The van der Waals surface area contributed by atoms with E-state index in [1.54, 1.807) is 12.1 Å². The van der Waals surface area contributed by atoms with E-state index in [1.807, 2.05) is 18.9 Å². The maximum atomic E-state index is 11.3. The smallest absolute Gasteiger partial charge is 0.293 e. The maximum Gasteiger partial charge on any atom is 0.293 e. The standard InChI is InChI=1S/C14H20N2O3/c1-9(2)10(3)15(5)13-7-6-12(11(4)17)8-14(13)16(18)19/h6-10H,1-5H3. The Morgan fingerprint density at radius 3 is 2.32 bits per heavy atom. The molecule has 1 aromatic carbocycles. The van der Waals surface area contributed by atoms with Crippen LogP contribution < -0.4 is 4.90 Å². The first-order chi connectivity index (χ1) is 8.75. The van der Waals surface area contributed by atoms with Crippen molar-refractivity contribution in [3.63, 3.8) is 0 Å². The quantitative estimate of drug-likeness (QED) is 0.465. The van der Waals surface area contributed by atoms with Gasteiger partial charge in [0, 0.05) is 24.7 Å². The van der Waals surface area contributed by atoms with E-state index >= 15 is 0 Å². The lowest BCUT2D eigenvalue weighted by atomic mass is 10.0. The van der Waals surface area contributed by atoms with Crippen molar-refractivity contribution in [3.8, 4) is 0 Å². The monoisotopic (exact) mass is 264 g/mol. The lowest BCUT2D eigenvalue weighted by Gasteiger charge is -2.29. The summed E-state index contributed by atoms with van der Waals surface area (Å²) in [5.74, 6) is 0.200. The van der Waals surface area contributed by atoms with E-state index in [2.05, 4.69) is 13.8 Å². The van der Waals surface area contributed by atoms with Gasteiger partial charge in [0.15, 0.2) is 5.78 Å². The van der Waals surface area contributed by atoms with Crippen LogP contribution in [-0.2, 0) is 0 Å². The highest BCUT2D eigenvalue weighted by Crippen LogP contribution is 2.31. The van der Waals surface area contributed by atoms with E-state index in [1.165, 1.54) is 13.0 Å². The van der Waals surface area contributed by atoms with Crippen LogP contribution >= 0.6 is 0 Å². The highest BCUT2D eigenvalue weighted by molar-refractivity contribution is 5.95. The third kappa shape index (κ3) is 3.30. The fourth-order valence-corrected chi connectivity index (χ4v) is 1.85. The van der Waals surface area contributed by atoms with Crippen LogP contribution in [0.25, 0.3) is 0 Å². The largest absolute Gasteiger partial charge is 0.366 e. The molecule has 19 heavy (non-hydrogen) atoms. The predicted octanol–water partition coefficient (Wildman–Crippen LogP) is 3.28. The zero-order valence-electron chi connectivity index (χ0n) is 12.0. The van der Waals surface area contributed by atoms with Crippen LogP contribution in [0.1, 0.15) is 38.1 Å². The van der Waals surface area contributed by atoms with E-state index in [9.17, 15) is 14.9 Å². The molecule has 0 saturated heterocycles. The Morgan fingerprint density at radius 2 is 1.89 bits per heavy atom. The number of nitrogens with zero attached hydrogens (tertiary/aromatic N) is 2. The van der Waals surface area contributed by atoms with E-state index < -0.39 is 4.92 Å². The highest BCUT2D eigenvalue weighted by Gasteiger charge is 2.23. The summed E-state index contributed by atoms with van der Waals surface area (Å²) in [6.45, 7) is 7.56. The Morgan fingerprint density at radius 1 is 1.32 bits per heavy atom. The molecule has 0 radical (unpaired) electrons. The number of carbonyl (C=O) groups excluding carboxylic acids is 1. The van der Waals surface area contributed by atoms with Crippen molar-refractivity contribution in [1.82, 2.24) is 0 Å². The minimum Gasteiger partial charge on any atom is -0.366 e. The Balaban J connectivity index is 3.27. The minimum absolute atomic E-state index is 0.0253. The Hall–Kier alpha value is -1.91. The van der Waals surface area contributed by atoms with Gasteiger partial charge in [-0.25, -0.2) is 0 Å². The van der Waals surface area contributed by atoms with Gasteiger partial charge in [-0.2, -0.15) is 0 Å². The molecule has 5 nitrogen and oxygen atoms in total. The molecule has 0 fully saturated rings. The molecule has 104 valence electrons. The Kier molecular flexibility index (Phi) is 4.64. The number of nitro groups is 1. The molecule has 0 aliphatic carbocycles. The van der Waals surface area contributed by atoms with Gasteiger partial charge in [0.2, 0.25) is 0 Å². The lowest BCUT2D eigenvalue weighted by molar-refractivity contribution is -0.384. The van der Waals surface area contributed by atoms with Gasteiger partial charge in [-0.1, -0.05) is 13.8 Å². The summed E-state index contributed by atoms with van der Waals surface area (Å²) >= 11 is 0. The molecule has 1 rings (SSSR count). The van der Waals surface area contributed by atoms with Gasteiger partial charge in [-0.3, -0.25) is 14.9 Å². The van der Waals surface area contributed by atoms with Gasteiger partial charge in [0.25, 0.3) is 5.69 Å². The van der Waals surface area contributed by atoms with Gasteiger partial charge in [-0.05, 0) is 31.9 Å². The predicted molar refractivity (Wildman–Crippen MR) is 75.8 cm³/mol. The van der Waals surface area contributed by atoms with Gasteiger partial charge in [0.05, 0.1) is 4.92 Å². The first kappa shape index (κ1) is 15.1. The third-order valence-corrected chi connectivity index (χ3v) is 3.53. The molecule has 1 unspecified atom stereocenters. The van der Waals surface area contributed by atoms with Gasteiger partial charge < -0.3 is 4.90 Å². The topological polar surface area (TPSA) is 63.5 Å². The molecule has 5 heteroatoms. The summed E-state index contributed by atoms with van der Waals surface area (Å²) in [7, 11) is 1.83. The van der Waals surface area contributed by atoms with E-state index in [0.29, 0.717) is 17.2 Å². The summed E-state index contributed by atoms with van der Waals surface area (Å²) in [5.41, 5.74) is 0.875. The molecule has 0 aliphatic heterocycles. The zero-order valence-corrected chi connectivity index (χ0v) is 12.0. The fraction of sp³-hybridized carbons (Fsp3) is 0.500. The maximum absolute atomic E-state index is 11.3. The molecule has 1 atom stereocenters. The van der Waals surface area contributed by atoms with Crippen LogP contribution in [0.4, 0.5) is 11.4 Å². The van der Waals surface area contributed by atoms with E-state index in [0.717, 1.165) is 0 Å². The van der Waals surface area contributed by atoms with Gasteiger partial charge >= 0.3 is 0 Å². The number of ketones is 1. The SMILES string of the molecule is CC(=O)c1ccc(N(C)C(C)C(C)C)c([N+](=O)[O-])c1. The van der Waals surface area contributed by atoms with Gasteiger partial charge in [-0.15, -0.1) is 0 Å². The van der Waals surface area contributed by atoms with Crippen LogP contribution in [-0.4, -0.2) is 23.8 Å². The summed E-state index contributed by atoms with van der Waals surface area (Å²) in [6, 6.07) is 4.80. The summed E-state index contributed by atoms with van der Waals surface area (Å²) in [5, 5.41) is 11.2. The van der Waals surface area contributed by atoms with Crippen molar-refractivity contribution in [2.75, 3.05) is 11.9 Å². The van der Waals surface area contributed by atoms with E-state index in [4.69, 9.17) is 0 Å². The van der Waals surface area contributed by atoms with Crippen LogP contribution in [0.3, 0.4) is 0 Å². The van der Waals surface area contributed by atoms with Crippen LogP contribution in [0.5, 0.6) is 0 Å². The molecule has 0 aliphatic rings. The first-order valence-electron chi connectivity index (χ1n) is 6.28. The van der Waals surface area contributed by atoms with Crippen molar-refractivity contribution >= 4 is 17.2 Å². The molecule has 0 amide bonds. The molecule has 0 N–H and O–H groups in total. The second kappa shape index (κ2) is 5.82. The number of Topliss-reactive ketones (excluding diaryl/α,β-unsaturated/α-hetero) is 1. The number of carbonyl (C=O) groups is 1. The van der Waals surface area contributed by atoms with Crippen molar-refractivity contribution in [3.05, 3.63) is 33.9 Å². The Labute approximate surface area is 113 Å². The molecule has 1 aromatic rings. The van der Waals surface area contributed by atoms with E-state index in [-0.39, 0.29) is 17.5 Å². The molecular formula is C14H20N2O3. The lowest BCUT2D eigenvalue weighted by Crippen LogP contribution is -2.33. The average Bonchev–Trinajstić information content (AvgIpc) is 2.35. The van der Waals surface area contributed by atoms with Crippen LogP contribution in [0.15, 0.2) is 18.2 Å². The second-order valence-electron chi connectivity index (χ2n) is 5.11. The Bertz CT molecular complexity index is 497. The molecule has 0 heterocycles. The van der Waals surface area contributed by atoms with Gasteiger partial charge in [0.1, 0.15) is 5.69 Å². The molecular weight excluding hydrogens is 244 g/mol. The van der Waals surface area contributed by atoms with Crippen LogP contribution in [0.2, 0.25) is 0 Å². The summed E-state index contributed by atoms with van der Waals surface area (Å²) in [4.78, 5) is 23.9. The average molecular weight is 264 g/mol. The summed E-state index contributed by atoms with van der Waals surface area (Å²) in [6.07, 6.45) is 0.